The molecule has 3 heterocycles. The molecule has 3 rings (SSSR count). The summed E-state index contributed by atoms with van der Waals surface area (Å²) in [6.45, 7) is 2.10. The summed E-state index contributed by atoms with van der Waals surface area (Å²) in [6.07, 6.45) is 4.81. The van der Waals surface area contributed by atoms with Crippen LogP contribution in [-0.4, -0.2) is 62.5 Å². The Morgan fingerprint density at radius 1 is 0.739 bits per heavy atom. The molecule has 2 amide bonds. The highest BCUT2D eigenvalue weighted by atomic mass is 16.5. The van der Waals surface area contributed by atoms with Crippen LogP contribution in [0.3, 0.4) is 0 Å². The monoisotopic (exact) mass is 326 g/mol. The molecule has 0 radical (unpaired) electrons. The quantitative estimate of drug-likeness (QED) is 0.767. The van der Waals surface area contributed by atoms with Gasteiger partial charge in [0.1, 0.15) is 12.2 Å². The molecule has 0 aromatic carbocycles. The van der Waals surface area contributed by atoms with E-state index in [1.807, 2.05) is 0 Å². The minimum atomic E-state index is -0.373. The summed E-state index contributed by atoms with van der Waals surface area (Å²) in [7, 11) is 0. The van der Waals surface area contributed by atoms with Crippen molar-refractivity contribution >= 4 is 11.8 Å². The number of hydrogen-bond donors (Lipinski definition) is 2. The van der Waals surface area contributed by atoms with Gasteiger partial charge in [0.2, 0.25) is 11.8 Å². The summed E-state index contributed by atoms with van der Waals surface area (Å²) in [5, 5.41) is 5.92. The second kappa shape index (κ2) is 8.08. The Hall–Kier alpha value is -1.18. The lowest BCUT2D eigenvalue weighted by Gasteiger charge is -2.27. The maximum atomic E-state index is 12.3. The van der Waals surface area contributed by atoms with Gasteiger partial charge in [-0.2, -0.15) is 0 Å². The van der Waals surface area contributed by atoms with Gasteiger partial charge in [-0.05, 0) is 38.5 Å². The van der Waals surface area contributed by atoms with Crippen LogP contribution in [0.4, 0.5) is 0 Å². The molecule has 7 heteroatoms. The van der Waals surface area contributed by atoms with E-state index >= 15 is 0 Å². The Morgan fingerprint density at radius 3 is 1.61 bits per heavy atom. The smallest absolute Gasteiger partial charge is 0.249 e. The molecule has 23 heavy (non-hydrogen) atoms. The third kappa shape index (κ3) is 4.43. The Morgan fingerprint density at radius 2 is 1.22 bits per heavy atom. The van der Waals surface area contributed by atoms with Gasteiger partial charge in [0.05, 0.1) is 25.3 Å². The Kier molecular flexibility index (Phi) is 5.85. The second-order valence-electron chi connectivity index (χ2n) is 6.48. The van der Waals surface area contributed by atoms with E-state index in [-0.39, 0.29) is 36.1 Å². The van der Waals surface area contributed by atoms with Gasteiger partial charge in [-0.3, -0.25) is 9.59 Å². The first-order chi connectivity index (χ1) is 11.2. The van der Waals surface area contributed by atoms with Gasteiger partial charge in [-0.15, -0.1) is 0 Å². The van der Waals surface area contributed by atoms with Crippen molar-refractivity contribution in [2.75, 3.05) is 26.4 Å². The first kappa shape index (κ1) is 16.7. The first-order valence-electron chi connectivity index (χ1n) is 8.66. The van der Waals surface area contributed by atoms with Crippen molar-refractivity contribution < 1.29 is 23.8 Å². The molecular formula is C16H26N2O5. The van der Waals surface area contributed by atoms with Gasteiger partial charge in [0.15, 0.2) is 0 Å². The first-order valence-corrected chi connectivity index (χ1v) is 8.66. The molecule has 2 unspecified atom stereocenters. The van der Waals surface area contributed by atoms with E-state index in [0.717, 1.165) is 38.5 Å². The number of rotatable bonds is 4. The van der Waals surface area contributed by atoms with Gasteiger partial charge >= 0.3 is 0 Å². The lowest BCUT2D eigenvalue weighted by Crippen LogP contribution is -2.55. The average Bonchev–Trinajstić information content (AvgIpc) is 3.03. The fourth-order valence-electron chi connectivity index (χ4n) is 3.29. The average molecular weight is 326 g/mol. The van der Waals surface area contributed by atoms with Gasteiger partial charge in [-0.25, -0.2) is 0 Å². The predicted octanol–water partition coefficient (Wildman–Crippen LogP) is 0.124. The molecule has 3 aliphatic rings. The Labute approximate surface area is 136 Å². The van der Waals surface area contributed by atoms with Crippen LogP contribution in [0.1, 0.15) is 38.5 Å². The Bertz CT molecular complexity index is 381. The van der Waals surface area contributed by atoms with Crippen LogP contribution in [0, 0.1) is 0 Å². The van der Waals surface area contributed by atoms with Crippen molar-refractivity contribution in [1.82, 2.24) is 10.6 Å². The molecular weight excluding hydrogens is 300 g/mol. The van der Waals surface area contributed by atoms with Crippen LogP contribution in [0.15, 0.2) is 0 Å². The molecule has 0 aromatic heterocycles. The molecule has 7 nitrogen and oxygen atoms in total. The van der Waals surface area contributed by atoms with E-state index in [1.165, 1.54) is 0 Å². The van der Waals surface area contributed by atoms with Crippen molar-refractivity contribution in [3.63, 3.8) is 0 Å². The SMILES string of the molecule is O=C(N[C@H]1COC[C@H]1NC(=O)C1CCCCO1)C1CCCCO1. The third-order valence-corrected chi connectivity index (χ3v) is 4.68. The summed E-state index contributed by atoms with van der Waals surface area (Å²) in [5.41, 5.74) is 0. The largest absolute Gasteiger partial charge is 0.377 e. The van der Waals surface area contributed by atoms with E-state index in [4.69, 9.17) is 14.2 Å². The fourth-order valence-corrected chi connectivity index (χ4v) is 3.29. The number of ether oxygens (including phenoxy) is 3. The van der Waals surface area contributed by atoms with Gasteiger partial charge in [0, 0.05) is 13.2 Å². The second-order valence-corrected chi connectivity index (χ2v) is 6.48. The fraction of sp³-hybridized carbons (Fsp3) is 0.875. The van der Waals surface area contributed by atoms with E-state index < -0.39 is 0 Å². The van der Waals surface area contributed by atoms with E-state index in [9.17, 15) is 9.59 Å². The van der Waals surface area contributed by atoms with Crippen LogP contribution in [0.5, 0.6) is 0 Å². The van der Waals surface area contributed by atoms with Crippen LogP contribution in [-0.2, 0) is 23.8 Å². The van der Waals surface area contributed by atoms with Crippen molar-refractivity contribution in [1.29, 1.82) is 0 Å². The molecule has 3 fully saturated rings. The van der Waals surface area contributed by atoms with Crippen molar-refractivity contribution in [3.8, 4) is 0 Å². The van der Waals surface area contributed by atoms with Gasteiger partial charge < -0.3 is 24.8 Å². The Balaban J connectivity index is 1.48. The number of carbonyl (C=O) groups excluding carboxylic acids is 2. The van der Waals surface area contributed by atoms with Crippen LogP contribution >= 0.6 is 0 Å². The van der Waals surface area contributed by atoms with Crippen LogP contribution in [0.25, 0.3) is 0 Å². The predicted molar refractivity (Wildman–Crippen MR) is 81.9 cm³/mol. The lowest BCUT2D eigenvalue weighted by molar-refractivity contribution is -0.138. The number of carbonyl (C=O) groups is 2. The standard InChI is InChI=1S/C16H26N2O5/c19-15(13-5-1-3-7-22-13)17-11-9-21-10-12(11)18-16(20)14-6-2-4-8-23-14/h11-14H,1-10H2,(H,17,19)(H,18,20)/t11-,12+,13?,14?. The topological polar surface area (TPSA) is 85.9 Å². The molecule has 130 valence electrons. The summed E-state index contributed by atoms with van der Waals surface area (Å²) < 4.78 is 16.4. The van der Waals surface area contributed by atoms with E-state index in [1.54, 1.807) is 0 Å². The van der Waals surface area contributed by atoms with Crippen LogP contribution in [0.2, 0.25) is 0 Å². The maximum absolute atomic E-state index is 12.3. The highest BCUT2D eigenvalue weighted by Crippen LogP contribution is 2.16. The maximum Gasteiger partial charge on any atom is 0.249 e. The minimum absolute atomic E-state index is 0.103. The van der Waals surface area contributed by atoms with Crippen molar-refractivity contribution in [3.05, 3.63) is 0 Å². The molecule has 3 saturated heterocycles. The molecule has 4 atom stereocenters. The number of hydrogen-bond acceptors (Lipinski definition) is 5. The summed E-state index contributed by atoms with van der Waals surface area (Å²) in [6, 6.07) is -0.416. The molecule has 2 N–H and O–H groups in total. The summed E-state index contributed by atoms with van der Waals surface area (Å²) >= 11 is 0. The highest BCUT2D eigenvalue weighted by molar-refractivity contribution is 5.82. The zero-order valence-electron chi connectivity index (χ0n) is 13.4. The number of amides is 2. The van der Waals surface area contributed by atoms with E-state index in [0.29, 0.717) is 26.4 Å². The lowest BCUT2D eigenvalue weighted by atomic mass is 10.1. The van der Waals surface area contributed by atoms with Crippen molar-refractivity contribution in [2.24, 2.45) is 0 Å². The zero-order chi connectivity index (χ0) is 16.1. The number of nitrogens with one attached hydrogen (secondary N) is 2. The normalized spacial score (nSPS) is 34.8. The third-order valence-electron chi connectivity index (χ3n) is 4.68. The molecule has 3 aliphatic heterocycles. The van der Waals surface area contributed by atoms with Gasteiger partial charge in [-0.1, -0.05) is 0 Å². The van der Waals surface area contributed by atoms with Crippen LogP contribution < -0.4 is 10.6 Å². The molecule has 0 aromatic rings. The zero-order valence-corrected chi connectivity index (χ0v) is 13.4. The molecule has 0 aliphatic carbocycles. The van der Waals surface area contributed by atoms with E-state index in [2.05, 4.69) is 10.6 Å². The molecule has 0 bridgehead atoms. The summed E-state index contributed by atoms with van der Waals surface area (Å²) in [5.74, 6) is -0.207. The minimum Gasteiger partial charge on any atom is -0.377 e. The summed E-state index contributed by atoms with van der Waals surface area (Å²) in [4.78, 5) is 24.5. The van der Waals surface area contributed by atoms with Gasteiger partial charge in [0.25, 0.3) is 0 Å². The van der Waals surface area contributed by atoms with Crippen molar-refractivity contribution in [2.45, 2.75) is 62.8 Å². The molecule has 0 spiro atoms. The highest BCUT2D eigenvalue weighted by Gasteiger charge is 2.35. The molecule has 0 saturated carbocycles.